The number of hydrogen-bond donors (Lipinski definition) is 1. The van der Waals surface area contributed by atoms with E-state index in [2.05, 4.69) is 26.1 Å². The third kappa shape index (κ3) is 10.3. The van der Waals surface area contributed by atoms with Gasteiger partial charge in [-0.3, -0.25) is 4.79 Å². The van der Waals surface area contributed by atoms with E-state index >= 15 is 0 Å². The first-order valence-electron chi connectivity index (χ1n) is 6.64. The molecule has 0 aromatic carbocycles. The van der Waals surface area contributed by atoms with Crippen molar-refractivity contribution in [3.63, 3.8) is 0 Å². The molecular formula is C15H29NO2. The summed E-state index contributed by atoms with van der Waals surface area (Å²) >= 11 is 0. The highest BCUT2D eigenvalue weighted by Crippen LogP contribution is 2.13. The van der Waals surface area contributed by atoms with Crippen LogP contribution in [0.25, 0.3) is 0 Å². The van der Waals surface area contributed by atoms with E-state index < -0.39 is 0 Å². The molecule has 0 saturated heterocycles. The van der Waals surface area contributed by atoms with E-state index in [9.17, 15) is 4.79 Å². The van der Waals surface area contributed by atoms with Crippen molar-refractivity contribution in [1.29, 1.82) is 0 Å². The van der Waals surface area contributed by atoms with Crippen molar-refractivity contribution in [3.8, 4) is 0 Å². The molecule has 3 heteroatoms. The Morgan fingerprint density at radius 3 is 2.22 bits per heavy atom. The summed E-state index contributed by atoms with van der Waals surface area (Å²) in [4.78, 5) is 11.6. The van der Waals surface area contributed by atoms with Gasteiger partial charge < -0.3 is 10.1 Å². The maximum Gasteiger partial charge on any atom is 0.225 e. The van der Waals surface area contributed by atoms with Crippen molar-refractivity contribution in [2.45, 2.75) is 48.0 Å². The maximum absolute atomic E-state index is 11.6. The molecule has 0 aliphatic heterocycles. The van der Waals surface area contributed by atoms with Crippen LogP contribution in [0.15, 0.2) is 12.2 Å². The van der Waals surface area contributed by atoms with Crippen LogP contribution >= 0.6 is 0 Å². The van der Waals surface area contributed by atoms with Crippen LogP contribution in [0.5, 0.6) is 0 Å². The number of ether oxygens (including phenoxy) is 1. The molecule has 0 bridgehead atoms. The molecule has 0 aliphatic carbocycles. The van der Waals surface area contributed by atoms with Gasteiger partial charge in [0.05, 0.1) is 13.2 Å². The molecule has 18 heavy (non-hydrogen) atoms. The van der Waals surface area contributed by atoms with Gasteiger partial charge in [-0.05, 0) is 11.8 Å². The van der Waals surface area contributed by atoms with Crippen LogP contribution in [0, 0.1) is 10.8 Å². The fraction of sp³-hybridized carbons (Fsp3) is 0.800. The quantitative estimate of drug-likeness (QED) is 0.585. The molecule has 0 atom stereocenters. The fourth-order valence-electron chi connectivity index (χ4n) is 1.15. The Morgan fingerprint density at radius 2 is 1.72 bits per heavy atom. The zero-order valence-corrected chi connectivity index (χ0v) is 12.8. The van der Waals surface area contributed by atoms with Crippen molar-refractivity contribution in [1.82, 2.24) is 5.32 Å². The Kier molecular flexibility index (Phi) is 7.22. The molecule has 0 radical (unpaired) electrons. The fourth-order valence-corrected chi connectivity index (χ4v) is 1.15. The first-order valence-corrected chi connectivity index (χ1v) is 6.64. The summed E-state index contributed by atoms with van der Waals surface area (Å²) < 4.78 is 5.51. The zero-order valence-electron chi connectivity index (χ0n) is 12.8. The molecule has 106 valence electrons. The SMILES string of the molecule is CC(C)(C)COCC=CCCNC(=O)C(C)(C)C. The summed E-state index contributed by atoms with van der Waals surface area (Å²) in [7, 11) is 0. The second-order valence-electron chi connectivity index (χ2n) is 6.84. The van der Waals surface area contributed by atoms with E-state index in [-0.39, 0.29) is 16.7 Å². The molecule has 0 saturated carbocycles. The molecule has 0 heterocycles. The number of rotatable bonds is 6. The molecule has 0 spiro atoms. The van der Waals surface area contributed by atoms with Crippen LogP contribution in [-0.4, -0.2) is 25.7 Å². The van der Waals surface area contributed by atoms with Gasteiger partial charge in [-0.15, -0.1) is 0 Å². The van der Waals surface area contributed by atoms with Gasteiger partial charge in [0.25, 0.3) is 0 Å². The van der Waals surface area contributed by atoms with E-state index in [4.69, 9.17) is 4.74 Å². The molecule has 1 amide bonds. The maximum atomic E-state index is 11.6. The number of amides is 1. The summed E-state index contributed by atoms with van der Waals surface area (Å²) in [6.45, 7) is 14.3. The van der Waals surface area contributed by atoms with Crippen LogP contribution in [0.4, 0.5) is 0 Å². The summed E-state index contributed by atoms with van der Waals surface area (Å²) in [6, 6.07) is 0. The zero-order chi connectivity index (χ0) is 14.2. The van der Waals surface area contributed by atoms with Gasteiger partial charge in [0, 0.05) is 12.0 Å². The lowest BCUT2D eigenvalue weighted by molar-refractivity contribution is -0.128. The van der Waals surface area contributed by atoms with Crippen LogP contribution in [0.1, 0.15) is 48.0 Å². The van der Waals surface area contributed by atoms with E-state index in [1.807, 2.05) is 32.9 Å². The van der Waals surface area contributed by atoms with E-state index in [1.54, 1.807) is 0 Å². The van der Waals surface area contributed by atoms with Gasteiger partial charge in [-0.2, -0.15) is 0 Å². The monoisotopic (exact) mass is 255 g/mol. The van der Waals surface area contributed by atoms with Gasteiger partial charge in [-0.25, -0.2) is 0 Å². The number of carbonyl (C=O) groups excluding carboxylic acids is 1. The van der Waals surface area contributed by atoms with Crippen molar-refractivity contribution < 1.29 is 9.53 Å². The molecule has 0 aliphatic rings. The third-order valence-corrected chi connectivity index (χ3v) is 2.19. The Hall–Kier alpha value is -0.830. The predicted octanol–water partition coefficient (Wildman–Crippen LogP) is 3.16. The lowest BCUT2D eigenvalue weighted by Crippen LogP contribution is -2.35. The highest BCUT2D eigenvalue weighted by Gasteiger charge is 2.19. The number of carbonyl (C=O) groups is 1. The van der Waals surface area contributed by atoms with Gasteiger partial charge in [0.1, 0.15) is 0 Å². The van der Waals surface area contributed by atoms with Crippen molar-refractivity contribution in [2.75, 3.05) is 19.8 Å². The predicted molar refractivity (Wildman–Crippen MR) is 76.5 cm³/mol. The lowest BCUT2D eigenvalue weighted by Gasteiger charge is -2.17. The largest absolute Gasteiger partial charge is 0.377 e. The molecule has 0 fully saturated rings. The summed E-state index contributed by atoms with van der Waals surface area (Å²) in [5.41, 5.74) is -0.0892. The van der Waals surface area contributed by atoms with Crippen LogP contribution in [-0.2, 0) is 9.53 Å². The summed E-state index contributed by atoms with van der Waals surface area (Å²) in [6.07, 6.45) is 4.90. The summed E-state index contributed by atoms with van der Waals surface area (Å²) in [5, 5.41) is 2.91. The highest BCUT2D eigenvalue weighted by atomic mass is 16.5. The molecule has 0 aromatic heterocycles. The lowest BCUT2D eigenvalue weighted by atomic mass is 9.96. The topological polar surface area (TPSA) is 38.3 Å². The smallest absolute Gasteiger partial charge is 0.225 e. The Balaban J connectivity index is 3.53. The minimum Gasteiger partial charge on any atom is -0.377 e. The van der Waals surface area contributed by atoms with Crippen molar-refractivity contribution in [2.24, 2.45) is 10.8 Å². The average Bonchev–Trinajstić information content (AvgIpc) is 2.18. The first-order chi connectivity index (χ1) is 8.13. The standard InChI is InChI=1S/C15H29NO2/c1-14(2,3)12-18-11-9-7-8-10-16-13(17)15(4,5)6/h7,9H,8,10-12H2,1-6H3,(H,16,17). The molecular weight excluding hydrogens is 226 g/mol. The Bertz CT molecular complexity index is 269. The van der Waals surface area contributed by atoms with Crippen LogP contribution in [0.3, 0.4) is 0 Å². The Morgan fingerprint density at radius 1 is 1.11 bits per heavy atom. The average molecular weight is 255 g/mol. The minimum absolute atomic E-state index is 0.0971. The highest BCUT2D eigenvalue weighted by molar-refractivity contribution is 5.81. The van der Waals surface area contributed by atoms with E-state index in [0.29, 0.717) is 13.2 Å². The third-order valence-electron chi connectivity index (χ3n) is 2.19. The van der Waals surface area contributed by atoms with Crippen LogP contribution < -0.4 is 5.32 Å². The molecule has 0 rings (SSSR count). The minimum atomic E-state index is -0.306. The Labute approximate surface area is 112 Å². The molecule has 0 unspecified atom stereocenters. The first kappa shape index (κ1) is 17.2. The molecule has 3 nitrogen and oxygen atoms in total. The van der Waals surface area contributed by atoms with Gasteiger partial charge in [0.15, 0.2) is 0 Å². The molecule has 1 N–H and O–H groups in total. The van der Waals surface area contributed by atoms with Gasteiger partial charge in [0.2, 0.25) is 5.91 Å². The second-order valence-corrected chi connectivity index (χ2v) is 6.84. The van der Waals surface area contributed by atoms with E-state index in [1.165, 1.54) is 0 Å². The van der Waals surface area contributed by atoms with Gasteiger partial charge in [-0.1, -0.05) is 53.7 Å². The normalized spacial score (nSPS) is 13.0. The number of hydrogen-bond acceptors (Lipinski definition) is 2. The summed E-state index contributed by atoms with van der Waals surface area (Å²) in [5.74, 6) is 0.0971. The molecule has 0 aromatic rings. The van der Waals surface area contributed by atoms with E-state index in [0.717, 1.165) is 13.0 Å². The van der Waals surface area contributed by atoms with Crippen molar-refractivity contribution in [3.05, 3.63) is 12.2 Å². The van der Waals surface area contributed by atoms with Crippen molar-refractivity contribution >= 4 is 5.91 Å². The second kappa shape index (κ2) is 7.57. The number of nitrogens with one attached hydrogen (secondary N) is 1. The van der Waals surface area contributed by atoms with Crippen LogP contribution in [0.2, 0.25) is 0 Å². The van der Waals surface area contributed by atoms with Gasteiger partial charge >= 0.3 is 0 Å².